The highest BCUT2D eigenvalue weighted by Gasteiger charge is 2.39. The van der Waals surface area contributed by atoms with Crippen molar-refractivity contribution in [3.05, 3.63) is 126 Å². The molecular formula is C49H61N3O8. The molecular weight excluding hydrogens is 759 g/mol. The molecule has 0 amide bonds. The second-order valence-corrected chi connectivity index (χ2v) is 16.1. The lowest BCUT2D eigenvalue weighted by Crippen LogP contribution is -2.26. The lowest BCUT2D eigenvalue weighted by atomic mass is 9.89. The molecule has 11 nitrogen and oxygen atoms in total. The van der Waals surface area contributed by atoms with Gasteiger partial charge in [-0.3, -0.25) is 14.7 Å². The summed E-state index contributed by atoms with van der Waals surface area (Å²) in [6.45, 7) is 4.73. The number of pyridine rings is 1. The molecule has 0 unspecified atom stereocenters. The van der Waals surface area contributed by atoms with Crippen LogP contribution in [0.25, 0.3) is 10.8 Å². The predicted molar refractivity (Wildman–Crippen MR) is 233 cm³/mol. The number of aliphatic hydroxyl groups is 3. The summed E-state index contributed by atoms with van der Waals surface area (Å²) < 4.78 is 16.5. The Kier molecular flexibility index (Phi) is 17.1. The molecule has 1 aliphatic heterocycles. The molecule has 6 rings (SSSR count). The number of allylic oxidation sites excluding steroid dienone is 2. The number of hydrogen-bond acceptors (Lipinski definition) is 11. The molecule has 1 saturated carbocycles. The van der Waals surface area contributed by atoms with Crippen LogP contribution in [0.2, 0.25) is 0 Å². The van der Waals surface area contributed by atoms with E-state index in [4.69, 9.17) is 14.2 Å². The SMILES string of the molecule is Cc1ccc(CN2CC[C@@H](Nc3cccc4cnccc34)C2)cc1OCC(=O)OCCCOC(=O)CCC/C=C\C[C@@H]1[C@@H](/C=C/[C@@H](O)CCc2ccccc2)[C@H](O)C[C@@H]1O. The zero-order valence-electron chi connectivity index (χ0n) is 34.7. The fourth-order valence-corrected chi connectivity index (χ4v) is 8.15. The van der Waals surface area contributed by atoms with Crippen molar-refractivity contribution in [3.8, 4) is 5.75 Å². The molecule has 4 aromatic rings. The normalized spacial score (nSPS) is 21.2. The Morgan fingerprint density at radius 3 is 2.63 bits per heavy atom. The fourth-order valence-electron chi connectivity index (χ4n) is 8.15. The molecule has 1 saturated heterocycles. The Labute approximate surface area is 354 Å². The number of fused-ring (bicyclic) bond motifs is 1. The summed E-state index contributed by atoms with van der Waals surface area (Å²) in [5.41, 5.74) is 4.36. The average Bonchev–Trinajstić information content (AvgIpc) is 3.81. The maximum Gasteiger partial charge on any atom is 0.344 e. The van der Waals surface area contributed by atoms with Crippen molar-refractivity contribution in [2.45, 2.75) is 95.6 Å². The highest BCUT2D eigenvalue weighted by molar-refractivity contribution is 5.93. The summed E-state index contributed by atoms with van der Waals surface area (Å²) in [5, 5.41) is 37.6. The van der Waals surface area contributed by atoms with Gasteiger partial charge >= 0.3 is 11.9 Å². The topological polar surface area (TPSA) is 151 Å². The number of carbonyl (C=O) groups excluding carboxylic acids is 2. The third-order valence-electron chi connectivity index (χ3n) is 11.5. The summed E-state index contributed by atoms with van der Waals surface area (Å²) in [6, 6.07) is 24.8. The van der Waals surface area contributed by atoms with Gasteiger partial charge in [0.2, 0.25) is 0 Å². The number of aryl methyl sites for hydroxylation is 2. The number of esters is 2. The molecule has 60 heavy (non-hydrogen) atoms. The lowest BCUT2D eigenvalue weighted by molar-refractivity contribution is -0.147. The number of unbranched alkanes of at least 4 members (excludes halogenated alkanes) is 1. The van der Waals surface area contributed by atoms with Crippen LogP contribution in [0.4, 0.5) is 5.69 Å². The van der Waals surface area contributed by atoms with E-state index in [1.165, 1.54) is 10.9 Å². The van der Waals surface area contributed by atoms with Crippen LogP contribution in [0.15, 0.2) is 109 Å². The summed E-state index contributed by atoms with van der Waals surface area (Å²) in [5.74, 6) is -0.499. The van der Waals surface area contributed by atoms with Gasteiger partial charge in [0.25, 0.3) is 0 Å². The van der Waals surface area contributed by atoms with Gasteiger partial charge in [-0.05, 0) is 86.3 Å². The second-order valence-electron chi connectivity index (χ2n) is 16.1. The summed E-state index contributed by atoms with van der Waals surface area (Å²) in [6.07, 6.45) is 14.7. The van der Waals surface area contributed by atoms with Crippen molar-refractivity contribution < 1.29 is 39.1 Å². The van der Waals surface area contributed by atoms with Gasteiger partial charge < -0.3 is 34.8 Å². The first kappa shape index (κ1) is 44.5. The van der Waals surface area contributed by atoms with Gasteiger partial charge in [-0.2, -0.15) is 0 Å². The number of carbonyl (C=O) groups is 2. The predicted octanol–water partition coefficient (Wildman–Crippen LogP) is 7.11. The minimum absolute atomic E-state index is 0.127. The van der Waals surface area contributed by atoms with Gasteiger partial charge in [0.15, 0.2) is 6.61 Å². The van der Waals surface area contributed by atoms with Crippen LogP contribution in [-0.4, -0.2) is 94.4 Å². The van der Waals surface area contributed by atoms with E-state index in [0.29, 0.717) is 50.3 Å². The molecule has 1 aromatic heterocycles. The van der Waals surface area contributed by atoms with Gasteiger partial charge in [0.05, 0.1) is 31.5 Å². The molecule has 2 fully saturated rings. The van der Waals surface area contributed by atoms with Crippen molar-refractivity contribution in [1.82, 2.24) is 9.88 Å². The number of likely N-dealkylation sites (tertiary alicyclic amines) is 1. The summed E-state index contributed by atoms with van der Waals surface area (Å²) >= 11 is 0. The number of aromatic nitrogens is 1. The molecule has 0 radical (unpaired) electrons. The summed E-state index contributed by atoms with van der Waals surface area (Å²) in [4.78, 5) is 31.3. The van der Waals surface area contributed by atoms with Crippen molar-refractivity contribution in [1.29, 1.82) is 0 Å². The van der Waals surface area contributed by atoms with E-state index in [2.05, 4.69) is 39.5 Å². The number of ether oxygens (including phenoxy) is 3. The Balaban J connectivity index is 0.804. The number of aliphatic hydroxyl groups excluding tert-OH is 3. The molecule has 6 atom stereocenters. The fraction of sp³-hybridized carbons (Fsp3) is 0.449. The van der Waals surface area contributed by atoms with E-state index in [1.54, 1.807) is 6.08 Å². The maximum atomic E-state index is 12.4. The molecule has 1 aliphatic carbocycles. The molecule has 3 aromatic carbocycles. The third-order valence-corrected chi connectivity index (χ3v) is 11.5. The van der Waals surface area contributed by atoms with E-state index in [0.717, 1.165) is 54.7 Å². The van der Waals surface area contributed by atoms with Crippen molar-refractivity contribution >= 4 is 28.4 Å². The van der Waals surface area contributed by atoms with E-state index >= 15 is 0 Å². The van der Waals surface area contributed by atoms with Crippen LogP contribution in [-0.2, 0) is 32.0 Å². The number of rotatable bonds is 22. The number of benzene rings is 3. The van der Waals surface area contributed by atoms with Gasteiger partial charge in [0, 0.05) is 79.7 Å². The molecule has 2 heterocycles. The van der Waals surface area contributed by atoms with Crippen molar-refractivity contribution in [2.75, 3.05) is 38.2 Å². The van der Waals surface area contributed by atoms with Crippen LogP contribution >= 0.6 is 0 Å². The van der Waals surface area contributed by atoms with Gasteiger partial charge in [-0.25, -0.2) is 4.79 Å². The van der Waals surface area contributed by atoms with Crippen LogP contribution in [0.3, 0.4) is 0 Å². The molecule has 4 N–H and O–H groups in total. The smallest absolute Gasteiger partial charge is 0.344 e. The lowest BCUT2D eigenvalue weighted by Gasteiger charge is -2.19. The Morgan fingerprint density at radius 2 is 1.78 bits per heavy atom. The van der Waals surface area contributed by atoms with Gasteiger partial charge in [-0.15, -0.1) is 0 Å². The monoisotopic (exact) mass is 819 g/mol. The minimum Gasteiger partial charge on any atom is -0.482 e. The largest absolute Gasteiger partial charge is 0.482 e. The Bertz CT molecular complexity index is 2020. The number of anilines is 1. The zero-order chi connectivity index (χ0) is 42.1. The van der Waals surface area contributed by atoms with Gasteiger partial charge in [0.1, 0.15) is 5.75 Å². The van der Waals surface area contributed by atoms with Crippen molar-refractivity contribution in [3.63, 3.8) is 0 Å². The molecule has 0 spiro atoms. The van der Waals surface area contributed by atoms with E-state index in [1.807, 2.05) is 86.1 Å². The highest BCUT2D eigenvalue weighted by Crippen LogP contribution is 2.36. The maximum absolute atomic E-state index is 12.4. The highest BCUT2D eigenvalue weighted by atomic mass is 16.6. The van der Waals surface area contributed by atoms with E-state index in [-0.39, 0.29) is 44.0 Å². The van der Waals surface area contributed by atoms with Crippen LogP contribution in [0, 0.1) is 18.8 Å². The molecule has 0 bridgehead atoms. The van der Waals surface area contributed by atoms with Crippen LogP contribution in [0.1, 0.15) is 68.1 Å². The van der Waals surface area contributed by atoms with E-state index < -0.39 is 24.3 Å². The van der Waals surface area contributed by atoms with E-state index in [9.17, 15) is 24.9 Å². The second kappa shape index (κ2) is 23.1. The standard InChI is InChI=1S/C49H61N3O8/c1-35-17-18-37(32-52-26-24-39(33-52)51-44-15-9-13-38-31-50-25-23-41(38)44)29-47(35)60-34-49(57)59-28-10-27-58-48(56)16-8-3-2-7-14-42-43(46(55)30-45(42)54)22-21-40(53)20-19-36-11-5-4-6-12-36/h2,4-7,9,11-13,15,17-18,21-23,25,29,31,39-40,42-43,45-46,51,53-55H,3,8,10,14,16,19-20,24,26-28,30,32-34H2,1H3/b7-2-,22-21+/t39-,40+,42-,43-,45+,46-/m1/s1. The molecule has 2 aliphatic rings. The van der Waals surface area contributed by atoms with Gasteiger partial charge in [-0.1, -0.05) is 78.9 Å². The quantitative estimate of drug-likeness (QED) is 0.0365. The molecule has 320 valence electrons. The van der Waals surface area contributed by atoms with Crippen molar-refractivity contribution in [2.24, 2.45) is 11.8 Å². The first-order chi connectivity index (χ1) is 29.2. The number of nitrogens with zero attached hydrogens (tertiary/aromatic N) is 2. The Morgan fingerprint density at radius 1 is 0.950 bits per heavy atom. The third kappa shape index (κ3) is 13.7. The van der Waals surface area contributed by atoms with Crippen LogP contribution in [0.5, 0.6) is 5.75 Å². The number of nitrogens with one attached hydrogen (secondary N) is 1. The average molecular weight is 820 g/mol. The summed E-state index contributed by atoms with van der Waals surface area (Å²) in [7, 11) is 0. The first-order valence-electron chi connectivity index (χ1n) is 21.5. The van der Waals surface area contributed by atoms with Crippen LogP contribution < -0.4 is 10.1 Å². The molecule has 11 heteroatoms. The minimum atomic E-state index is -0.654. The zero-order valence-corrected chi connectivity index (χ0v) is 34.7. The Hall–Kier alpha value is -5.07. The first-order valence-corrected chi connectivity index (χ1v) is 21.5. The number of hydrogen-bond donors (Lipinski definition) is 4.